The first kappa shape index (κ1) is 35.2. The Labute approximate surface area is 188 Å². The van der Waals surface area contributed by atoms with Gasteiger partial charge in [0.05, 0.1) is 16.9 Å². The van der Waals surface area contributed by atoms with Crippen molar-refractivity contribution in [3.63, 3.8) is 0 Å². The van der Waals surface area contributed by atoms with Crippen LogP contribution < -0.4 is 10.5 Å². The first-order valence-corrected chi connectivity index (χ1v) is 11.8. The quantitative estimate of drug-likeness (QED) is 0.405. The number of nitrogens with two attached hydrogens (primary N) is 1. The monoisotopic (exact) mass is 497 g/mol. The van der Waals surface area contributed by atoms with Crippen molar-refractivity contribution < 1.29 is 34.8 Å². The summed E-state index contributed by atoms with van der Waals surface area (Å²) < 4.78 is 102. The lowest BCUT2D eigenvalue weighted by atomic mass is 10.1. The maximum atomic E-state index is 12.8. The van der Waals surface area contributed by atoms with Gasteiger partial charge in [0.25, 0.3) is 0 Å². The average molecular weight is 498 g/mol. The fourth-order valence-electron chi connectivity index (χ4n) is 2.00. The summed E-state index contributed by atoms with van der Waals surface area (Å²) in [6, 6.07) is 0.781. The molecule has 3 N–H and O–H groups in total. The number of benzene rings is 1. The maximum Gasteiger partial charge on any atom is 0.416 e. The van der Waals surface area contributed by atoms with Gasteiger partial charge in [-0.15, -0.1) is 0 Å². The van der Waals surface area contributed by atoms with E-state index in [-0.39, 0.29) is 12.6 Å². The number of hydrogen-bond donors (Lipinski definition) is 2. The summed E-state index contributed by atoms with van der Waals surface area (Å²) in [6.45, 7) is 8.86. The van der Waals surface area contributed by atoms with E-state index >= 15 is 0 Å². The Bertz CT molecular complexity index is 674. The minimum atomic E-state index is -5.01. The molecule has 1 aromatic rings. The Morgan fingerprint density at radius 2 is 1.28 bits per heavy atom. The third-order valence-electron chi connectivity index (χ3n) is 3.11. The second kappa shape index (κ2) is 17.2. The standard InChI is InChI=1S/C14H18F6N2O2S.C3H8.C2H6.CH5N/c1-22(2)5-3-4-21-25(23,24)9-10-6-11(13(15,16)17)8-12(7-10)14(18,19)20;1-3-2;2*1-2/h6-8,21H,3-5,9H2,1-2H3;3H2,1-2H3;1-2H3;2H2,1H3. The topological polar surface area (TPSA) is 75.4 Å². The summed E-state index contributed by atoms with van der Waals surface area (Å²) in [7, 11) is 0.987. The minimum Gasteiger partial charge on any atom is -0.333 e. The highest BCUT2D eigenvalue weighted by Gasteiger charge is 2.37. The van der Waals surface area contributed by atoms with Crippen LogP contribution in [0.4, 0.5) is 26.3 Å². The molecule has 12 heteroatoms. The lowest BCUT2D eigenvalue weighted by Crippen LogP contribution is -2.28. The second-order valence-electron chi connectivity index (χ2n) is 6.43. The SMILES string of the molecule is CC.CCC.CN.CN(C)CCCNS(=O)(=O)Cc1cc(C(F)(F)F)cc(C(F)(F)F)c1. The van der Waals surface area contributed by atoms with Gasteiger partial charge in [-0.3, -0.25) is 0 Å². The van der Waals surface area contributed by atoms with Crippen LogP contribution in [0, 0.1) is 0 Å². The van der Waals surface area contributed by atoms with Gasteiger partial charge in [-0.25, -0.2) is 13.1 Å². The minimum absolute atomic E-state index is 0.0333. The zero-order valence-electron chi connectivity index (χ0n) is 19.8. The van der Waals surface area contributed by atoms with Crippen LogP contribution in [0.15, 0.2) is 18.2 Å². The molecule has 0 aliphatic carbocycles. The Hall–Kier alpha value is -1.37. The molecular formula is C20H37F6N3O2S. The van der Waals surface area contributed by atoms with E-state index in [4.69, 9.17) is 0 Å². The van der Waals surface area contributed by atoms with E-state index in [1.165, 1.54) is 13.5 Å². The van der Waals surface area contributed by atoms with Crippen LogP contribution in [0.25, 0.3) is 0 Å². The molecule has 0 spiro atoms. The summed E-state index contributed by atoms with van der Waals surface area (Å²) in [5.74, 6) is -0.970. The van der Waals surface area contributed by atoms with Crippen molar-refractivity contribution in [1.29, 1.82) is 0 Å². The van der Waals surface area contributed by atoms with Gasteiger partial charge in [0.15, 0.2) is 0 Å². The molecule has 0 atom stereocenters. The number of sulfonamides is 1. The molecule has 5 nitrogen and oxygen atoms in total. The van der Waals surface area contributed by atoms with E-state index in [9.17, 15) is 34.8 Å². The third kappa shape index (κ3) is 17.2. The Morgan fingerprint density at radius 3 is 1.59 bits per heavy atom. The number of hydrogen-bond acceptors (Lipinski definition) is 4. The van der Waals surface area contributed by atoms with Gasteiger partial charge < -0.3 is 10.6 Å². The van der Waals surface area contributed by atoms with Gasteiger partial charge in [0.2, 0.25) is 10.0 Å². The fourth-order valence-corrected chi connectivity index (χ4v) is 3.16. The summed E-state index contributed by atoms with van der Waals surface area (Å²) in [4.78, 5) is 1.80. The molecule has 0 radical (unpaired) electrons. The van der Waals surface area contributed by atoms with Gasteiger partial charge >= 0.3 is 12.4 Å². The molecular weight excluding hydrogens is 460 g/mol. The van der Waals surface area contributed by atoms with Crippen LogP contribution in [0.2, 0.25) is 0 Å². The fraction of sp³-hybridized carbons (Fsp3) is 0.700. The maximum absolute atomic E-state index is 12.8. The van der Waals surface area contributed by atoms with Gasteiger partial charge in [0.1, 0.15) is 0 Å². The highest BCUT2D eigenvalue weighted by Crippen LogP contribution is 2.36. The zero-order chi connectivity index (χ0) is 26.2. The number of alkyl halides is 6. The lowest BCUT2D eigenvalue weighted by Gasteiger charge is -2.15. The van der Waals surface area contributed by atoms with Crippen molar-refractivity contribution in [1.82, 2.24) is 9.62 Å². The Kier molecular flexibility index (Phi) is 18.9. The molecule has 0 saturated carbocycles. The van der Waals surface area contributed by atoms with Crippen LogP contribution in [-0.4, -0.2) is 47.6 Å². The predicted octanol–water partition coefficient (Wildman–Crippen LogP) is 5.11. The predicted molar refractivity (Wildman–Crippen MR) is 118 cm³/mol. The Balaban J connectivity index is -0.00000108. The number of nitrogens with one attached hydrogen (secondary N) is 1. The van der Waals surface area contributed by atoms with Crippen LogP contribution in [0.3, 0.4) is 0 Å². The van der Waals surface area contributed by atoms with Crippen molar-refractivity contribution in [2.24, 2.45) is 5.73 Å². The summed E-state index contributed by atoms with van der Waals surface area (Å²) >= 11 is 0. The molecule has 1 aromatic carbocycles. The van der Waals surface area contributed by atoms with Gasteiger partial charge in [-0.1, -0.05) is 34.1 Å². The summed E-state index contributed by atoms with van der Waals surface area (Å²) in [5, 5.41) is 0. The van der Waals surface area contributed by atoms with Crippen molar-refractivity contribution in [3.8, 4) is 0 Å². The Morgan fingerprint density at radius 1 is 0.906 bits per heavy atom. The van der Waals surface area contributed by atoms with E-state index in [1.807, 2.05) is 13.8 Å². The smallest absolute Gasteiger partial charge is 0.333 e. The molecule has 0 bridgehead atoms. The third-order valence-corrected chi connectivity index (χ3v) is 4.47. The largest absolute Gasteiger partial charge is 0.416 e. The molecule has 0 fully saturated rings. The first-order chi connectivity index (χ1) is 14.6. The molecule has 192 valence electrons. The van der Waals surface area contributed by atoms with Crippen molar-refractivity contribution in [3.05, 3.63) is 34.9 Å². The number of halogens is 6. The van der Waals surface area contributed by atoms with Crippen molar-refractivity contribution >= 4 is 10.0 Å². The van der Waals surface area contributed by atoms with E-state index < -0.39 is 44.8 Å². The molecule has 0 aromatic heterocycles. The highest BCUT2D eigenvalue weighted by molar-refractivity contribution is 7.88. The number of nitrogens with zero attached hydrogens (tertiary/aromatic N) is 1. The first-order valence-electron chi connectivity index (χ1n) is 10.1. The average Bonchev–Trinajstić information content (AvgIpc) is 2.67. The molecule has 0 heterocycles. The molecule has 0 saturated heterocycles. The van der Waals surface area contributed by atoms with Crippen molar-refractivity contribution in [2.75, 3.05) is 34.2 Å². The van der Waals surface area contributed by atoms with E-state index in [0.717, 1.165) is 0 Å². The number of rotatable bonds is 7. The van der Waals surface area contributed by atoms with Gasteiger partial charge in [-0.2, -0.15) is 26.3 Å². The summed E-state index contributed by atoms with van der Waals surface area (Å²) in [6.07, 6.45) is -8.33. The molecule has 0 unspecified atom stereocenters. The molecule has 32 heavy (non-hydrogen) atoms. The van der Waals surface area contributed by atoms with E-state index in [1.54, 1.807) is 19.0 Å². The normalized spacial score (nSPS) is 11.5. The van der Waals surface area contributed by atoms with Crippen LogP contribution in [0.5, 0.6) is 0 Å². The molecule has 0 aliphatic heterocycles. The zero-order valence-corrected chi connectivity index (χ0v) is 20.6. The van der Waals surface area contributed by atoms with Crippen LogP contribution in [0.1, 0.15) is 57.2 Å². The molecule has 0 amide bonds. The van der Waals surface area contributed by atoms with E-state index in [2.05, 4.69) is 24.3 Å². The van der Waals surface area contributed by atoms with Crippen LogP contribution in [-0.2, 0) is 28.1 Å². The summed E-state index contributed by atoms with van der Waals surface area (Å²) in [5.41, 5.74) is 0.836. The second-order valence-corrected chi connectivity index (χ2v) is 8.24. The lowest BCUT2D eigenvalue weighted by molar-refractivity contribution is -0.143. The molecule has 1 rings (SSSR count). The van der Waals surface area contributed by atoms with Gasteiger partial charge in [-0.05, 0) is 57.9 Å². The van der Waals surface area contributed by atoms with Crippen molar-refractivity contribution in [2.45, 2.75) is 58.6 Å². The highest BCUT2D eigenvalue weighted by atomic mass is 32.2. The van der Waals surface area contributed by atoms with E-state index in [0.29, 0.717) is 25.1 Å². The molecule has 0 aliphatic rings. The van der Waals surface area contributed by atoms with Gasteiger partial charge in [0, 0.05) is 6.54 Å². The van der Waals surface area contributed by atoms with Crippen LogP contribution >= 0.6 is 0 Å².